The van der Waals surface area contributed by atoms with Crippen LogP contribution in [0.25, 0.3) is 0 Å². The number of pyridine rings is 2. The molecule has 2 aromatic carbocycles. The maximum Gasteiger partial charge on any atom is 2.00 e. The first-order chi connectivity index (χ1) is 15.7. The summed E-state index contributed by atoms with van der Waals surface area (Å²) in [6.45, 7) is 0. The average molecular weight is 520 g/mol. The molecule has 0 aliphatic heterocycles. The molecule has 0 fully saturated rings. The molecule has 167 valence electrons. The Morgan fingerprint density at radius 1 is 0.485 bits per heavy atom. The number of hydrogen-bond donors (Lipinski definition) is 4. The fraction of sp³-hybridized carbons (Fsp3) is 0. The van der Waals surface area contributed by atoms with Gasteiger partial charge in [0.25, 0.3) is 21.9 Å². The van der Waals surface area contributed by atoms with Gasteiger partial charge in [-0.1, -0.05) is 48.5 Å². The number of thiocarbonyl (C=S) groups is 2. The molecule has 1 radical (unpaired) electrons. The van der Waals surface area contributed by atoms with E-state index in [1.54, 1.807) is 0 Å². The molecule has 4 rings (SSSR count). The number of nitrogens with one attached hydrogen (secondary N) is 6. The fourth-order valence-electron chi connectivity index (χ4n) is 2.55. The van der Waals surface area contributed by atoms with Gasteiger partial charge in [-0.05, 0) is 60.8 Å². The molecule has 0 saturated heterocycles. The summed E-state index contributed by atoms with van der Waals surface area (Å²) in [4.78, 5) is 6.09. The molecule has 33 heavy (non-hydrogen) atoms. The van der Waals surface area contributed by atoms with Crippen LogP contribution in [0.15, 0.2) is 109 Å². The minimum Gasteiger partial charge on any atom is -0.313 e. The molecule has 0 atom stereocenters. The Morgan fingerprint density at radius 3 is 1.18 bits per heavy atom. The largest absolute Gasteiger partial charge is 2.00 e. The second kappa shape index (κ2) is 14.6. The monoisotopic (exact) mass is 519 g/mol. The molecule has 2 heterocycles. The van der Waals surface area contributed by atoms with E-state index in [1.165, 1.54) is 0 Å². The SMILES string of the molecule is S=C(Nc1ccccc1)Nc1cccc[nH+]1.S=C(Nc1ccccc1)Nc1cccc[nH+]1.[Co+2]. The van der Waals surface area contributed by atoms with Crippen molar-refractivity contribution in [3.8, 4) is 0 Å². The zero-order valence-electron chi connectivity index (χ0n) is 17.5. The van der Waals surface area contributed by atoms with E-state index in [9.17, 15) is 0 Å². The third-order valence-electron chi connectivity index (χ3n) is 3.98. The molecule has 0 amide bonds. The van der Waals surface area contributed by atoms with Crippen LogP contribution in [0.5, 0.6) is 0 Å². The topological polar surface area (TPSA) is 76.4 Å². The van der Waals surface area contributed by atoms with Gasteiger partial charge in [0.2, 0.25) is 0 Å². The summed E-state index contributed by atoms with van der Waals surface area (Å²) in [7, 11) is 0. The first-order valence-corrected chi connectivity index (χ1v) is 10.7. The van der Waals surface area contributed by atoms with E-state index in [0.717, 1.165) is 23.0 Å². The Balaban J connectivity index is 0.000000227. The zero-order chi connectivity index (χ0) is 22.4. The van der Waals surface area contributed by atoms with Crippen molar-refractivity contribution in [2.75, 3.05) is 21.3 Å². The second-order valence-electron chi connectivity index (χ2n) is 6.44. The van der Waals surface area contributed by atoms with Crippen molar-refractivity contribution in [1.29, 1.82) is 0 Å². The molecule has 0 saturated carbocycles. The number of aromatic nitrogens is 2. The molecular weight excluding hydrogens is 495 g/mol. The molecule has 0 bridgehead atoms. The van der Waals surface area contributed by atoms with Gasteiger partial charge in [0, 0.05) is 23.5 Å². The maximum absolute atomic E-state index is 5.18. The van der Waals surface area contributed by atoms with Crippen molar-refractivity contribution in [1.82, 2.24) is 0 Å². The standard InChI is InChI=1S/2C12H11N3S.Co/c2*16-12(14-10-6-2-1-3-7-10)15-11-8-4-5-9-13-11;/h2*1-9H,(H2,13,14,15,16);/q;;+2/p+2. The Labute approximate surface area is 214 Å². The maximum atomic E-state index is 5.18. The second-order valence-corrected chi connectivity index (χ2v) is 7.26. The summed E-state index contributed by atoms with van der Waals surface area (Å²) in [5, 5.41) is 13.4. The number of aromatic amines is 2. The summed E-state index contributed by atoms with van der Waals surface area (Å²) in [5.41, 5.74) is 1.94. The van der Waals surface area contributed by atoms with Crippen LogP contribution in [0.3, 0.4) is 0 Å². The fourth-order valence-corrected chi connectivity index (χ4v) is 3.01. The molecule has 0 aliphatic carbocycles. The number of para-hydroxylation sites is 2. The number of hydrogen-bond acceptors (Lipinski definition) is 2. The van der Waals surface area contributed by atoms with Gasteiger partial charge in [0.05, 0.1) is 12.4 Å². The van der Waals surface area contributed by atoms with E-state index in [-0.39, 0.29) is 16.8 Å². The van der Waals surface area contributed by atoms with Crippen LogP contribution in [-0.4, -0.2) is 10.2 Å². The summed E-state index contributed by atoms with van der Waals surface area (Å²) in [6.07, 6.45) is 3.68. The molecule has 0 unspecified atom stereocenters. The van der Waals surface area contributed by atoms with Crippen LogP contribution in [0.2, 0.25) is 0 Å². The summed E-state index contributed by atoms with van der Waals surface area (Å²) >= 11 is 10.4. The molecule has 6 N–H and O–H groups in total. The van der Waals surface area contributed by atoms with Gasteiger partial charge in [-0.25, -0.2) is 20.6 Å². The third kappa shape index (κ3) is 10.2. The number of benzene rings is 2. The molecule has 2 aromatic heterocycles. The van der Waals surface area contributed by atoms with Crippen molar-refractivity contribution in [3.63, 3.8) is 0 Å². The van der Waals surface area contributed by atoms with Crippen LogP contribution in [0.4, 0.5) is 23.0 Å². The van der Waals surface area contributed by atoms with E-state index in [0.29, 0.717) is 10.2 Å². The van der Waals surface area contributed by atoms with E-state index in [1.807, 2.05) is 109 Å². The summed E-state index contributed by atoms with van der Waals surface area (Å²) in [6, 6.07) is 31.1. The molecule has 0 spiro atoms. The molecule has 0 aliphatic rings. The van der Waals surface area contributed by atoms with Crippen LogP contribution >= 0.6 is 24.4 Å². The minimum absolute atomic E-state index is 0. The number of rotatable bonds is 4. The number of anilines is 4. The van der Waals surface area contributed by atoms with E-state index in [2.05, 4.69) is 31.2 Å². The zero-order valence-corrected chi connectivity index (χ0v) is 20.2. The molecule has 4 aromatic rings. The van der Waals surface area contributed by atoms with Crippen molar-refractivity contribution in [2.45, 2.75) is 0 Å². The predicted molar refractivity (Wildman–Crippen MR) is 139 cm³/mol. The Kier molecular flexibility index (Phi) is 11.5. The quantitative estimate of drug-likeness (QED) is 0.295. The van der Waals surface area contributed by atoms with E-state index >= 15 is 0 Å². The summed E-state index contributed by atoms with van der Waals surface area (Å²) in [5.74, 6) is 1.71. The molecule has 6 nitrogen and oxygen atoms in total. The molecule has 9 heteroatoms. The molecular formula is C24H24CoN6S2+4. The third-order valence-corrected chi connectivity index (χ3v) is 4.39. The van der Waals surface area contributed by atoms with Crippen LogP contribution in [0, 0.1) is 0 Å². The smallest absolute Gasteiger partial charge is 0.313 e. The van der Waals surface area contributed by atoms with E-state index in [4.69, 9.17) is 24.4 Å². The normalized spacial score (nSPS) is 9.21. The number of H-pyrrole nitrogens is 2. The van der Waals surface area contributed by atoms with Crippen molar-refractivity contribution < 1.29 is 26.7 Å². The van der Waals surface area contributed by atoms with Crippen LogP contribution < -0.4 is 31.2 Å². The van der Waals surface area contributed by atoms with E-state index < -0.39 is 0 Å². The van der Waals surface area contributed by atoms with Crippen LogP contribution in [-0.2, 0) is 16.8 Å². The Hall–Kier alpha value is -3.37. The van der Waals surface area contributed by atoms with Gasteiger partial charge < -0.3 is 10.6 Å². The Bertz CT molecular complexity index is 923. The van der Waals surface area contributed by atoms with Crippen molar-refractivity contribution >= 4 is 57.7 Å². The average Bonchev–Trinajstić information content (AvgIpc) is 2.82. The predicted octanol–water partition coefficient (Wildman–Crippen LogP) is 4.62. The van der Waals surface area contributed by atoms with Gasteiger partial charge in [0.15, 0.2) is 0 Å². The van der Waals surface area contributed by atoms with Gasteiger partial charge in [0.1, 0.15) is 0 Å². The van der Waals surface area contributed by atoms with Gasteiger partial charge in [-0.2, -0.15) is 0 Å². The van der Waals surface area contributed by atoms with Crippen molar-refractivity contribution in [3.05, 3.63) is 109 Å². The van der Waals surface area contributed by atoms with Crippen molar-refractivity contribution in [2.24, 2.45) is 0 Å². The van der Waals surface area contributed by atoms with Gasteiger partial charge in [-0.3, -0.25) is 0 Å². The first-order valence-electron chi connectivity index (χ1n) is 9.88. The Morgan fingerprint density at radius 2 is 0.848 bits per heavy atom. The van der Waals surface area contributed by atoms with Gasteiger partial charge >= 0.3 is 16.8 Å². The van der Waals surface area contributed by atoms with Crippen LogP contribution in [0.1, 0.15) is 0 Å². The summed E-state index contributed by atoms with van der Waals surface area (Å²) < 4.78 is 0. The van der Waals surface area contributed by atoms with Gasteiger partial charge in [-0.15, -0.1) is 0 Å². The first kappa shape index (κ1) is 25.9. The minimum atomic E-state index is 0.